The van der Waals surface area contributed by atoms with Crippen LogP contribution >= 0.6 is 11.3 Å². The molecular formula is C17H15N3OS. The van der Waals surface area contributed by atoms with Crippen LogP contribution in [0.5, 0.6) is 0 Å². The van der Waals surface area contributed by atoms with Gasteiger partial charge in [0.15, 0.2) is 0 Å². The third-order valence-corrected chi connectivity index (χ3v) is 4.21. The third-order valence-electron chi connectivity index (χ3n) is 3.19. The van der Waals surface area contributed by atoms with Gasteiger partial charge in [0.25, 0.3) is 0 Å². The second kappa shape index (κ2) is 6.49. The van der Waals surface area contributed by atoms with E-state index in [1.165, 1.54) is 0 Å². The highest BCUT2D eigenvalue weighted by atomic mass is 32.1. The summed E-state index contributed by atoms with van der Waals surface area (Å²) in [5.74, 6) is -0.0527. The summed E-state index contributed by atoms with van der Waals surface area (Å²) in [7, 11) is 1.78. The average Bonchev–Trinajstić information content (AvgIpc) is 2.95. The summed E-state index contributed by atoms with van der Waals surface area (Å²) in [6.45, 7) is 0.509. The van der Waals surface area contributed by atoms with Crippen molar-refractivity contribution in [2.45, 2.75) is 6.54 Å². The molecule has 0 N–H and O–H groups in total. The zero-order chi connectivity index (χ0) is 15.4. The Balaban J connectivity index is 1.67. The molecule has 1 aromatic carbocycles. The molecule has 0 aliphatic carbocycles. The number of aromatic nitrogens is 2. The predicted octanol–water partition coefficient (Wildman–Crippen LogP) is 3.36. The van der Waals surface area contributed by atoms with Crippen LogP contribution in [0.3, 0.4) is 0 Å². The number of fused-ring (bicyclic) bond motifs is 1. The Morgan fingerprint density at radius 2 is 2.14 bits per heavy atom. The number of likely N-dealkylation sites (N-methyl/N-ethyl adjacent to an activating group) is 1. The van der Waals surface area contributed by atoms with Crippen molar-refractivity contribution < 1.29 is 4.79 Å². The summed E-state index contributed by atoms with van der Waals surface area (Å²) in [4.78, 5) is 22.3. The summed E-state index contributed by atoms with van der Waals surface area (Å²) < 4.78 is 1.14. The number of amides is 1. The molecule has 3 rings (SSSR count). The lowest BCUT2D eigenvalue weighted by Gasteiger charge is -2.12. The normalized spacial score (nSPS) is 11.1. The van der Waals surface area contributed by atoms with E-state index in [1.54, 1.807) is 47.8 Å². The van der Waals surface area contributed by atoms with Crippen molar-refractivity contribution in [1.82, 2.24) is 14.9 Å². The maximum absolute atomic E-state index is 12.1. The summed E-state index contributed by atoms with van der Waals surface area (Å²) in [5, 5.41) is 0.937. The van der Waals surface area contributed by atoms with Gasteiger partial charge in [0.1, 0.15) is 5.01 Å². The van der Waals surface area contributed by atoms with Gasteiger partial charge >= 0.3 is 0 Å². The van der Waals surface area contributed by atoms with Crippen LogP contribution in [0.2, 0.25) is 0 Å². The lowest BCUT2D eigenvalue weighted by molar-refractivity contribution is -0.125. The topological polar surface area (TPSA) is 46.1 Å². The van der Waals surface area contributed by atoms with Crippen LogP contribution in [0.4, 0.5) is 0 Å². The lowest BCUT2D eigenvalue weighted by atomic mass is 10.2. The van der Waals surface area contributed by atoms with Gasteiger partial charge in [-0.1, -0.05) is 18.2 Å². The molecule has 0 bridgehead atoms. The molecule has 0 radical (unpaired) electrons. The van der Waals surface area contributed by atoms with E-state index < -0.39 is 0 Å². The molecule has 0 saturated heterocycles. The molecular weight excluding hydrogens is 294 g/mol. The molecule has 2 aromatic heterocycles. The molecule has 22 heavy (non-hydrogen) atoms. The molecule has 0 fully saturated rings. The largest absolute Gasteiger partial charge is 0.335 e. The van der Waals surface area contributed by atoms with Gasteiger partial charge in [0.2, 0.25) is 5.91 Å². The van der Waals surface area contributed by atoms with Crippen molar-refractivity contribution in [2.75, 3.05) is 7.05 Å². The molecule has 5 heteroatoms. The molecule has 2 heterocycles. The maximum Gasteiger partial charge on any atom is 0.246 e. The van der Waals surface area contributed by atoms with Gasteiger partial charge < -0.3 is 4.90 Å². The molecule has 0 aliphatic rings. The first-order valence-corrected chi connectivity index (χ1v) is 7.72. The van der Waals surface area contributed by atoms with Gasteiger partial charge in [-0.25, -0.2) is 4.98 Å². The molecule has 0 spiro atoms. The van der Waals surface area contributed by atoms with E-state index in [2.05, 4.69) is 9.97 Å². The molecule has 110 valence electrons. The smallest absolute Gasteiger partial charge is 0.246 e. The number of carbonyl (C=O) groups is 1. The van der Waals surface area contributed by atoms with E-state index >= 15 is 0 Å². The molecule has 0 atom stereocenters. The molecule has 0 unspecified atom stereocenters. The second-order valence-corrected chi connectivity index (χ2v) is 6.00. The first kappa shape index (κ1) is 14.4. The zero-order valence-corrected chi connectivity index (χ0v) is 13.0. The Labute approximate surface area is 132 Å². The number of pyridine rings is 1. The summed E-state index contributed by atoms with van der Waals surface area (Å²) in [6, 6.07) is 11.7. The Kier molecular flexibility index (Phi) is 4.25. The maximum atomic E-state index is 12.1. The van der Waals surface area contributed by atoms with Gasteiger partial charge in [-0.3, -0.25) is 9.78 Å². The van der Waals surface area contributed by atoms with Gasteiger partial charge in [-0.15, -0.1) is 11.3 Å². The number of benzene rings is 1. The number of rotatable bonds is 4. The van der Waals surface area contributed by atoms with Crippen molar-refractivity contribution in [1.29, 1.82) is 0 Å². The number of para-hydroxylation sites is 1. The Hall–Kier alpha value is -2.53. The van der Waals surface area contributed by atoms with E-state index in [4.69, 9.17) is 0 Å². The molecule has 0 aliphatic heterocycles. The van der Waals surface area contributed by atoms with Crippen molar-refractivity contribution in [3.05, 3.63) is 65.4 Å². The molecule has 3 aromatic rings. The molecule has 0 saturated carbocycles. The van der Waals surface area contributed by atoms with Crippen LogP contribution < -0.4 is 0 Å². The standard InChI is InChI=1S/C17H15N3OS/c1-20(17(21)9-8-13-5-4-10-18-11-13)12-16-19-14-6-2-3-7-15(14)22-16/h2-11H,12H2,1H3/b9-8+. The van der Waals surface area contributed by atoms with Gasteiger partial charge in [-0.2, -0.15) is 0 Å². The van der Waals surface area contributed by atoms with Crippen LogP contribution in [0, 0.1) is 0 Å². The van der Waals surface area contributed by atoms with Gasteiger partial charge in [0, 0.05) is 25.5 Å². The zero-order valence-electron chi connectivity index (χ0n) is 12.1. The van der Waals surface area contributed by atoms with Crippen LogP contribution in [0.25, 0.3) is 16.3 Å². The van der Waals surface area contributed by atoms with Gasteiger partial charge in [0.05, 0.1) is 16.8 Å². The first-order chi connectivity index (χ1) is 10.7. The molecule has 4 nitrogen and oxygen atoms in total. The summed E-state index contributed by atoms with van der Waals surface area (Å²) in [6.07, 6.45) is 6.75. The monoisotopic (exact) mass is 309 g/mol. The van der Waals surface area contributed by atoms with E-state index in [9.17, 15) is 4.79 Å². The van der Waals surface area contributed by atoms with E-state index in [-0.39, 0.29) is 5.91 Å². The van der Waals surface area contributed by atoms with Crippen molar-refractivity contribution in [3.63, 3.8) is 0 Å². The van der Waals surface area contributed by atoms with Crippen LogP contribution in [-0.2, 0) is 11.3 Å². The Morgan fingerprint density at radius 3 is 2.91 bits per heavy atom. The quantitative estimate of drug-likeness (QED) is 0.694. The lowest BCUT2D eigenvalue weighted by Crippen LogP contribution is -2.23. The Morgan fingerprint density at radius 1 is 1.27 bits per heavy atom. The minimum Gasteiger partial charge on any atom is -0.335 e. The molecule has 1 amide bonds. The fraction of sp³-hybridized carbons (Fsp3) is 0.118. The van der Waals surface area contributed by atoms with E-state index in [1.807, 2.05) is 36.4 Å². The highest BCUT2D eigenvalue weighted by molar-refractivity contribution is 7.18. The minimum absolute atomic E-state index is 0.0527. The van der Waals surface area contributed by atoms with Crippen molar-refractivity contribution in [3.8, 4) is 0 Å². The Bertz CT molecular complexity index is 778. The minimum atomic E-state index is -0.0527. The highest BCUT2D eigenvalue weighted by Gasteiger charge is 2.09. The second-order valence-electron chi connectivity index (χ2n) is 4.89. The van der Waals surface area contributed by atoms with Gasteiger partial charge in [-0.05, 0) is 29.8 Å². The number of thiazole rings is 1. The number of carbonyl (C=O) groups excluding carboxylic acids is 1. The SMILES string of the molecule is CN(Cc1nc2ccccc2s1)C(=O)/C=C/c1cccnc1. The van der Waals surface area contributed by atoms with E-state index in [0.717, 1.165) is 20.8 Å². The van der Waals surface area contributed by atoms with Crippen LogP contribution in [0.15, 0.2) is 54.9 Å². The van der Waals surface area contributed by atoms with Crippen molar-refractivity contribution in [2.24, 2.45) is 0 Å². The van der Waals surface area contributed by atoms with E-state index in [0.29, 0.717) is 6.54 Å². The fourth-order valence-corrected chi connectivity index (χ4v) is 3.06. The third kappa shape index (κ3) is 3.38. The number of nitrogens with zero attached hydrogens (tertiary/aromatic N) is 3. The van der Waals surface area contributed by atoms with Crippen LogP contribution in [0.1, 0.15) is 10.6 Å². The number of hydrogen-bond acceptors (Lipinski definition) is 4. The predicted molar refractivity (Wildman–Crippen MR) is 89.4 cm³/mol. The first-order valence-electron chi connectivity index (χ1n) is 6.90. The average molecular weight is 309 g/mol. The summed E-state index contributed by atoms with van der Waals surface area (Å²) in [5.41, 5.74) is 1.89. The fourth-order valence-electron chi connectivity index (χ4n) is 2.04. The highest BCUT2D eigenvalue weighted by Crippen LogP contribution is 2.22. The summed E-state index contributed by atoms with van der Waals surface area (Å²) >= 11 is 1.62. The van der Waals surface area contributed by atoms with Crippen molar-refractivity contribution >= 4 is 33.5 Å². The van der Waals surface area contributed by atoms with Crippen LogP contribution in [-0.4, -0.2) is 27.8 Å². The number of hydrogen-bond donors (Lipinski definition) is 0.